The molecular weight excluding hydrogens is 268 g/mol. The van der Waals surface area contributed by atoms with Gasteiger partial charge in [0.2, 0.25) is 0 Å². The summed E-state index contributed by atoms with van der Waals surface area (Å²) in [5.74, 6) is -1.21. The summed E-state index contributed by atoms with van der Waals surface area (Å²) < 4.78 is 57.6. The molecule has 0 aromatic heterocycles. The minimum atomic E-state index is -4.42. The molecule has 19 heavy (non-hydrogen) atoms. The quantitative estimate of drug-likeness (QED) is 0.456. The summed E-state index contributed by atoms with van der Waals surface area (Å²) in [4.78, 5) is 11.6. The number of benzene rings is 1. The Balaban J connectivity index is 2.48. The summed E-state index contributed by atoms with van der Waals surface area (Å²) in [6, 6.07) is 3.60. The predicted molar refractivity (Wildman–Crippen MR) is 58.8 cm³/mol. The highest BCUT2D eigenvalue weighted by atomic mass is 19.4. The van der Waals surface area contributed by atoms with E-state index in [4.69, 9.17) is 0 Å². The van der Waals surface area contributed by atoms with Crippen LogP contribution in [0, 0.1) is 5.82 Å². The largest absolute Gasteiger partial charge is 0.494 e. The van der Waals surface area contributed by atoms with Gasteiger partial charge in [0.25, 0.3) is 0 Å². The number of hydrogen-bond acceptors (Lipinski definition) is 3. The molecule has 0 atom stereocenters. The first-order valence-electron chi connectivity index (χ1n) is 5.34. The van der Waals surface area contributed by atoms with Gasteiger partial charge >= 0.3 is 6.18 Å². The van der Waals surface area contributed by atoms with E-state index in [9.17, 15) is 22.4 Å². The van der Waals surface area contributed by atoms with E-state index in [0.29, 0.717) is 0 Å². The van der Waals surface area contributed by atoms with Crippen molar-refractivity contribution in [3.8, 4) is 5.75 Å². The van der Waals surface area contributed by atoms with Gasteiger partial charge in [-0.15, -0.1) is 0 Å². The Morgan fingerprint density at radius 3 is 2.53 bits per heavy atom. The van der Waals surface area contributed by atoms with E-state index in [0.717, 1.165) is 6.07 Å². The molecule has 0 heterocycles. The number of methoxy groups -OCH3 is 1. The lowest BCUT2D eigenvalue weighted by Gasteiger charge is -2.07. The lowest BCUT2D eigenvalue weighted by molar-refractivity contribution is -0.173. The normalized spacial score (nSPS) is 11.4. The number of hydrogen-bond donors (Lipinski definition) is 0. The molecule has 0 aliphatic rings. The third-order valence-corrected chi connectivity index (χ3v) is 2.21. The Hall–Kier alpha value is -1.63. The van der Waals surface area contributed by atoms with Crippen LogP contribution < -0.4 is 4.74 Å². The molecule has 0 amide bonds. The molecule has 0 radical (unpaired) electrons. The van der Waals surface area contributed by atoms with Crippen molar-refractivity contribution >= 4 is 5.78 Å². The molecule has 106 valence electrons. The van der Waals surface area contributed by atoms with Crippen LogP contribution in [0.4, 0.5) is 17.6 Å². The Morgan fingerprint density at radius 1 is 1.32 bits per heavy atom. The van der Waals surface area contributed by atoms with Crippen molar-refractivity contribution in [2.24, 2.45) is 0 Å². The van der Waals surface area contributed by atoms with E-state index in [-0.39, 0.29) is 24.3 Å². The maximum absolute atomic E-state index is 13.3. The van der Waals surface area contributed by atoms with E-state index < -0.39 is 24.4 Å². The number of rotatable bonds is 6. The molecule has 0 saturated carbocycles. The lowest BCUT2D eigenvalue weighted by Crippen LogP contribution is -2.18. The van der Waals surface area contributed by atoms with Crippen LogP contribution in [0.3, 0.4) is 0 Å². The SMILES string of the molecule is COc1ccc(C(=O)CCOCC(F)(F)F)cc1F. The third kappa shape index (κ3) is 5.25. The molecule has 0 unspecified atom stereocenters. The van der Waals surface area contributed by atoms with Crippen molar-refractivity contribution in [1.29, 1.82) is 0 Å². The number of carbonyl (C=O) groups is 1. The van der Waals surface area contributed by atoms with Crippen molar-refractivity contribution in [3.05, 3.63) is 29.6 Å². The van der Waals surface area contributed by atoms with Crippen LogP contribution in [-0.4, -0.2) is 32.3 Å². The summed E-state index contributed by atoms with van der Waals surface area (Å²) in [5.41, 5.74) is 0.0638. The van der Waals surface area contributed by atoms with Crippen LogP contribution >= 0.6 is 0 Å². The van der Waals surface area contributed by atoms with Gasteiger partial charge < -0.3 is 9.47 Å². The van der Waals surface area contributed by atoms with Crippen LogP contribution in [0.15, 0.2) is 18.2 Å². The Labute approximate surface area is 107 Å². The van der Waals surface area contributed by atoms with Crippen molar-refractivity contribution in [2.45, 2.75) is 12.6 Å². The first-order chi connectivity index (χ1) is 8.83. The standard InChI is InChI=1S/C12H12F4O3/c1-18-11-3-2-8(6-9(11)13)10(17)4-5-19-7-12(14,15)16/h2-3,6H,4-5,7H2,1H3. The summed E-state index contributed by atoms with van der Waals surface area (Å²) in [6.07, 6.45) is -4.67. The molecule has 0 aliphatic heterocycles. The van der Waals surface area contributed by atoms with Crippen molar-refractivity contribution in [3.63, 3.8) is 0 Å². The maximum Gasteiger partial charge on any atom is 0.411 e. The predicted octanol–water partition coefficient (Wildman–Crippen LogP) is 2.99. The van der Waals surface area contributed by atoms with Crippen LogP contribution in [0.25, 0.3) is 0 Å². The fraction of sp³-hybridized carbons (Fsp3) is 0.417. The first kappa shape index (κ1) is 15.4. The highest BCUT2D eigenvalue weighted by molar-refractivity contribution is 5.96. The molecule has 1 rings (SSSR count). The zero-order valence-electron chi connectivity index (χ0n) is 10.1. The monoisotopic (exact) mass is 280 g/mol. The van der Waals surface area contributed by atoms with Crippen molar-refractivity contribution < 1.29 is 31.8 Å². The molecule has 0 spiro atoms. The van der Waals surface area contributed by atoms with E-state index in [1.807, 2.05) is 0 Å². The van der Waals surface area contributed by atoms with Crippen LogP contribution in [0.5, 0.6) is 5.75 Å². The summed E-state index contributed by atoms with van der Waals surface area (Å²) in [5, 5.41) is 0. The van der Waals surface area contributed by atoms with Gasteiger partial charge in [0.05, 0.1) is 13.7 Å². The Morgan fingerprint density at radius 2 is 2.00 bits per heavy atom. The van der Waals surface area contributed by atoms with E-state index >= 15 is 0 Å². The fourth-order valence-electron chi connectivity index (χ4n) is 1.34. The van der Waals surface area contributed by atoms with E-state index in [2.05, 4.69) is 9.47 Å². The van der Waals surface area contributed by atoms with E-state index in [1.165, 1.54) is 19.2 Å². The highest BCUT2D eigenvalue weighted by Gasteiger charge is 2.27. The van der Waals surface area contributed by atoms with Gasteiger partial charge in [-0.25, -0.2) is 4.39 Å². The average Bonchev–Trinajstić information content (AvgIpc) is 2.33. The fourth-order valence-corrected chi connectivity index (χ4v) is 1.34. The van der Waals surface area contributed by atoms with Gasteiger partial charge in [0.1, 0.15) is 6.61 Å². The van der Waals surface area contributed by atoms with Crippen LogP contribution in [-0.2, 0) is 4.74 Å². The van der Waals surface area contributed by atoms with Gasteiger partial charge in [0.15, 0.2) is 17.3 Å². The Kier molecular flexibility index (Phi) is 5.29. The lowest BCUT2D eigenvalue weighted by atomic mass is 10.1. The molecular formula is C12H12F4O3. The topological polar surface area (TPSA) is 35.5 Å². The van der Waals surface area contributed by atoms with Gasteiger partial charge in [-0.2, -0.15) is 13.2 Å². The molecule has 0 N–H and O–H groups in total. The van der Waals surface area contributed by atoms with Crippen LogP contribution in [0.1, 0.15) is 16.8 Å². The third-order valence-electron chi connectivity index (χ3n) is 2.21. The molecule has 0 fully saturated rings. The van der Waals surface area contributed by atoms with Gasteiger partial charge in [-0.3, -0.25) is 4.79 Å². The number of ketones is 1. The molecule has 1 aromatic rings. The second-order valence-electron chi connectivity index (χ2n) is 3.69. The number of ether oxygens (including phenoxy) is 2. The van der Waals surface area contributed by atoms with Gasteiger partial charge in [0, 0.05) is 12.0 Å². The minimum absolute atomic E-state index is 0.00938. The first-order valence-corrected chi connectivity index (χ1v) is 5.34. The number of halogens is 4. The molecule has 3 nitrogen and oxygen atoms in total. The second-order valence-corrected chi connectivity index (χ2v) is 3.69. The maximum atomic E-state index is 13.3. The molecule has 0 saturated heterocycles. The zero-order chi connectivity index (χ0) is 14.5. The van der Waals surface area contributed by atoms with Crippen molar-refractivity contribution in [1.82, 2.24) is 0 Å². The summed E-state index contributed by atoms with van der Waals surface area (Å²) in [6.45, 7) is -1.77. The average molecular weight is 280 g/mol. The Bertz CT molecular complexity index is 443. The van der Waals surface area contributed by atoms with Gasteiger partial charge in [-0.1, -0.05) is 0 Å². The minimum Gasteiger partial charge on any atom is -0.494 e. The summed E-state index contributed by atoms with van der Waals surface area (Å²) in [7, 11) is 1.28. The van der Waals surface area contributed by atoms with Crippen molar-refractivity contribution in [2.75, 3.05) is 20.3 Å². The molecule has 7 heteroatoms. The second kappa shape index (κ2) is 6.51. The number of carbonyl (C=O) groups excluding carboxylic acids is 1. The zero-order valence-corrected chi connectivity index (χ0v) is 10.1. The van der Waals surface area contributed by atoms with Crippen LogP contribution in [0.2, 0.25) is 0 Å². The number of alkyl halides is 3. The highest BCUT2D eigenvalue weighted by Crippen LogP contribution is 2.19. The molecule has 0 bridgehead atoms. The molecule has 0 aliphatic carbocycles. The van der Waals surface area contributed by atoms with Gasteiger partial charge in [-0.05, 0) is 18.2 Å². The smallest absolute Gasteiger partial charge is 0.411 e. The summed E-state index contributed by atoms with van der Waals surface area (Å²) >= 11 is 0. The number of Topliss-reactive ketones (excluding diaryl/α,β-unsaturated/α-hetero) is 1. The van der Waals surface area contributed by atoms with E-state index in [1.54, 1.807) is 0 Å². The molecule has 1 aromatic carbocycles.